The van der Waals surface area contributed by atoms with Crippen LogP contribution in [0.1, 0.15) is 19.8 Å². The zero-order chi connectivity index (χ0) is 9.14. The van der Waals surface area contributed by atoms with E-state index in [1.54, 1.807) is 0 Å². The number of carbonyl (C=O) groups excluding carboxylic acids is 1. The van der Waals surface area contributed by atoms with Gasteiger partial charge in [0.25, 0.3) is 0 Å². The molecule has 13 heavy (non-hydrogen) atoms. The summed E-state index contributed by atoms with van der Waals surface area (Å²) in [6, 6.07) is 0.503. The maximum Gasteiger partial charge on any atom is 0.308 e. The van der Waals surface area contributed by atoms with E-state index in [0.29, 0.717) is 6.04 Å². The first-order chi connectivity index (χ1) is 5.65. The van der Waals surface area contributed by atoms with Gasteiger partial charge in [-0.2, -0.15) is 0 Å². The molecule has 3 nitrogen and oxygen atoms in total. The maximum absolute atomic E-state index is 11.2. The molecule has 1 heterocycles. The molecule has 0 bridgehead atoms. The number of likely N-dealkylation sites (tertiary alicyclic amines) is 1. The lowest BCUT2D eigenvalue weighted by atomic mass is 9.92. The number of nitrogens with zero attached hydrogens (tertiary/aromatic N) is 1. The Kier molecular flexibility index (Phi) is 5.33. The van der Waals surface area contributed by atoms with Crippen molar-refractivity contribution >= 4 is 18.4 Å². The Labute approximate surface area is 85.8 Å². The van der Waals surface area contributed by atoms with Crippen molar-refractivity contribution in [1.29, 1.82) is 0 Å². The summed E-state index contributed by atoms with van der Waals surface area (Å²) in [4.78, 5) is 13.5. The third-order valence-corrected chi connectivity index (χ3v) is 2.74. The predicted molar refractivity (Wildman–Crippen MR) is 54.1 cm³/mol. The van der Waals surface area contributed by atoms with Crippen molar-refractivity contribution in [3.05, 3.63) is 0 Å². The molecule has 0 unspecified atom stereocenters. The minimum Gasteiger partial charge on any atom is -0.469 e. The SMILES string of the molecule is COC(=O)[C@@H]1CCN(C)[C@H](C)C1.Cl. The molecule has 78 valence electrons. The van der Waals surface area contributed by atoms with Gasteiger partial charge >= 0.3 is 5.97 Å². The summed E-state index contributed by atoms with van der Waals surface area (Å²) in [6.07, 6.45) is 1.87. The zero-order valence-corrected chi connectivity index (χ0v) is 9.26. The summed E-state index contributed by atoms with van der Waals surface area (Å²) < 4.78 is 4.72. The Bertz CT molecular complexity index is 175. The van der Waals surface area contributed by atoms with Crippen molar-refractivity contribution in [1.82, 2.24) is 4.90 Å². The van der Waals surface area contributed by atoms with E-state index < -0.39 is 0 Å². The van der Waals surface area contributed by atoms with Crippen LogP contribution in [-0.4, -0.2) is 37.6 Å². The smallest absolute Gasteiger partial charge is 0.308 e. The van der Waals surface area contributed by atoms with Crippen LogP contribution in [0, 0.1) is 5.92 Å². The fourth-order valence-electron chi connectivity index (χ4n) is 1.67. The highest BCUT2D eigenvalue weighted by Crippen LogP contribution is 2.22. The quantitative estimate of drug-likeness (QED) is 0.608. The third-order valence-electron chi connectivity index (χ3n) is 2.74. The van der Waals surface area contributed by atoms with E-state index >= 15 is 0 Å². The number of rotatable bonds is 1. The first-order valence-electron chi connectivity index (χ1n) is 4.43. The molecule has 1 rings (SSSR count). The molecule has 0 aliphatic carbocycles. The molecule has 2 atom stereocenters. The highest BCUT2D eigenvalue weighted by Gasteiger charge is 2.28. The zero-order valence-electron chi connectivity index (χ0n) is 8.45. The summed E-state index contributed by atoms with van der Waals surface area (Å²) in [5.41, 5.74) is 0. The second-order valence-corrected chi connectivity index (χ2v) is 3.57. The van der Waals surface area contributed by atoms with Crippen molar-refractivity contribution in [2.24, 2.45) is 5.92 Å². The third kappa shape index (κ3) is 3.16. The topological polar surface area (TPSA) is 29.5 Å². The molecule has 0 N–H and O–H groups in total. The lowest BCUT2D eigenvalue weighted by molar-refractivity contribution is -0.147. The van der Waals surface area contributed by atoms with E-state index in [1.807, 2.05) is 0 Å². The van der Waals surface area contributed by atoms with Crippen molar-refractivity contribution in [3.8, 4) is 0 Å². The number of piperidine rings is 1. The standard InChI is InChI=1S/C9H17NO2.ClH/c1-7-6-8(9(11)12-3)4-5-10(7)2;/h7-8H,4-6H2,1-3H3;1H/t7-,8-;/m1./s1. The maximum atomic E-state index is 11.2. The van der Waals surface area contributed by atoms with Crippen LogP contribution >= 0.6 is 12.4 Å². The van der Waals surface area contributed by atoms with E-state index in [0.717, 1.165) is 19.4 Å². The highest BCUT2D eigenvalue weighted by molar-refractivity contribution is 5.85. The molecule has 1 fully saturated rings. The molecule has 4 heteroatoms. The minimum atomic E-state index is -0.0463. The van der Waals surface area contributed by atoms with Crippen LogP contribution in [-0.2, 0) is 9.53 Å². The Hall–Kier alpha value is -0.280. The second kappa shape index (κ2) is 5.45. The van der Waals surface area contributed by atoms with Crippen LogP contribution in [0.4, 0.5) is 0 Å². The lowest BCUT2D eigenvalue weighted by Gasteiger charge is -2.33. The van der Waals surface area contributed by atoms with Crippen molar-refractivity contribution in [2.75, 3.05) is 20.7 Å². The van der Waals surface area contributed by atoms with E-state index in [1.165, 1.54) is 7.11 Å². The fraction of sp³-hybridized carbons (Fsp3) is 0.889. The minimum absolute atomic E-state index is 0. The highest BCUT2D eigenvalue weighted by atomic mass is 35.5. The van der Waals surface area contributed by atoms with Crippen molar-refractivity contribution in [2.45, 2.75) is 25.8 Å². The number of methoxy groups -OCH3 is 1. The van der Waals surface area contributed by atoms with Crippen LogP contribution in [0.25, 0.3) is 0 Å². The molecule has 1 aliphatic rings. The van der Waals surface area contributed by atoms with Gasteiger partial charge in [0.15, 0.2) is 0 Å². The van der Waals surface area contributed by atoms with Gasteiger partial charge in [0, 0.05) is 6.04 Å². The molecule has 1 saturated heterocycles. The van der Waals surface area contributed by atoms with E-state index in [2.05, 4.69) is 18.9 Å². The van der Waals surface area contributed by atoms with Crippen LogP contribution < -0.4 is 0 Å². The van der Waals surface area contributed by atoms with Crippen LogP contribution in [0.3, 0.4) is 0 Å². The lowest BCUT2D eigenvalue weighted by Crippen LogP contribution is -2.40. The van der Waals surface area contributed by atoms with Gasteiger partial charge in [-0.05, 0) is 33.4 Å². The van der Waals surface area contributed by atoms with E-state index in [-0.39, 0.29) is 24.3 Å². The van der Waals surface area contributed by atoms with E-state index in [9.17, 15) is 4.79 Å². The van der Waals surface area contributed by atoms with Crippen LogP contribution in [0.15, 0.2) is 0 Å². The molecule has 0 radical (unpaired) electrons. The average molecular weight is 208 g/mol. The Morgan fingerprint density at radius 1 is 1.54 bits per heavy atom. The van der Waals surface area contributed by atoms with Gasteiger partial charge in [0.2, 0.25) is 0 Å². The molecule has 0 amide bonds. The number of halogens is 1. The summed E-state index contributed by atoms with van der Waals surface area (Å²) in [6.45, 7) is 3.15. The molecular formula is C9H18ClNO2. The number of hydrogen-bond acceptors (Lipinski definition) is 3. The van der Waals surface area contributed by atoms with Crippen molar-refractivity contribution < 1.29 is 9.53 Å². The van der Waals surface area contributed by atoms with Crippen molar-refractivity contribution in [3.63, 3.8) is 0 Å². The number of esters is 1. The van der Waals surface area contributed by atoms with Gasteiger partial charge in [-0.25, -0.2) is 0 Å². The largest absolute Gasteiger partial charge is 0.469 e. The molecule has 0 spiro atoms. The van der Waals surface area contributed by atoms with Gasteiger partial charge in [-0.3, -0.25) is 4.79 Å². The molecule has 0 aromatic rings. The summed E-state index contributed by atoms with van der Waals surface area (Å²) in [5.74, 6) is 0.0798. The molecule has 1 aliphatic heterocycles. The number of hydrogen-bond donors (Lipinski definition) is 0. The predicted octanol–water partition coefficient (Wildman–Crippen LogP) is 1.31. The van der Waals surface area contributed by atoms with Gasteiger partial charge in [0.1, 0.15) is 0 Å². The number of carbonyl (C=O) groups is 1. The second-order valence-electron chi connectivity index (χ2n) is 3.57. The van der Waals surface area contributed by atoms with Gasteiger partial charge < -0.3 is 9.64 Å². The Morgan fingerprint density at radius 2 is 2.15 bits per heavy atom. The van der Waals surface area contributed by atoms with Gasteiger partial charge in [-0.1, -0.05) is 0 Å². The van der Waals surface area contributed by atoms with Crippen LogP contribution in [0.2, 0.25) is 0 Å². The summed E-state index contributed by atoms with van der Waals surface area (Å²) in [5, 5.41) is 0. The van der Waals surface area contributed by atoms with Gasteiger partial charge in [-0.15, -0.1) is 12.4 Å². The van der Waals surface area contributed by atoms with Gasteiger partial charge in [0.05, 0.1) is 13.0 Å². The number of ether oxygens (including phenoxy) is 1. The monoisotopic (exact) mass is 207 g/mol. The first kappa shape index (κ1) is 12.7. The Morgan fingerprint density at radius 3 is 2.62 bits per heavy atom. The Balaban J connectivity index is 0.00000144. The first-order valence-corrected chi connectivity index (χ1v) is 4.43. The van der Waals surface area contributed by atoms with E-state index in [4.69, 9.17) is 4.74 Å². The molecular weight excluding hydrogens is 190 g/mol. The normalized spacial score (nSPS) is 29.2. The molecule has 0 aromatic carbocycles. The summed E-state index contributed by atoms with van der Waals surface area (Å²) >= 11 is 0. The summed E-state index contributed by atoms with van der Waals surface area (Å²) in [7, 11) is 3.56. The average Bonchev–Trinajstić information content (AvgIpc) is 2.08. The molecule has 0 aromatic heterocycles. The molecule has 0 saturated carbocycles. The fourth-order valence-corrected chi connectivity index (χ4v) is 1.67. The van der Waals surface area contributed by atoms with Crippen LogP contribution in [0.5, 0.6) is 0 Å².